The summed E-state index contributed by atoms with van der Waals surface area (Å²) in [6.45, 7) is 19.6. The maximum atomic E-state index is 12.8. The Hall–Kier alpha value is -6.14. The lowest BCUT2D eigenvalue weighted by Crippen LogP contribution is -2.37. The molecule has 0 radical (unpaired) electrons. The number of benzene rings is 4. The number of hydrogen-bond donors (Lipinski definition) is 0. The van der Waals surface area contributed by atoms with Crippen molar-refractivity contribution < 1.29 is 33.3 Å². The lowest BCUT2D eigenvalue weighted by Gasteiger charge is -2.26. The third-order valence-corrected chi connectivity index (χ3v) is 12.2. The van der Waals surface area contributed by atoms with Gasteiger partial charge >= 0.3 is 12.2 Å². The molecule has 0 spiro atoms. The molecule has 0 saturated carbocycles. The summed E-state index contributed by atoms with van der Waals surface area (Å²) in [5.41, 5.74) is 5.65. The molecule has 0 fully saturated rings. The number of carbonyl (C=O) groups excluding carboxylic acids is 2. The van der Waals surface area contributed by atoms with Crippen LogP contribution in [0, 0.1) is 5.21 Å². The van der Waals surface area contributed by atoms with Crippen LogP contribution >= 0.6 is 31.9 Å². The molecule has 2 amide bonds. The van der Waals surface area contributed by atoms with E-state index >= 15 is 0 Å². The smallest absolute Gasteiger partial charge is 0.410 e. The first-order valence-electron chi connectivity index (χ1n) is 23.7. The predicted octanol–water partition coefficient (Wildman–Crippen LogP) is 12.5. The average Bonchev–Trinajstić information content (AvgIpc) is 3.86. The van der Waals surface area contributed by atoms with Crippen molar-refractivity contribution in [3.05, 3.63) is 146 Å². The summed E-state index contributed by atoms with van der Waals surface area (Å²) in [5.74, 6) is 1.43. The number of halogens is 2. The van der Waals surface area contributed by atoms with Crippen molar-refractivity contribution in [2.24, 2.45) is 0 Å². The van der Waals surface area contributed by atoms with Gasteiger partial charge in [0.25, 0.3) is 0 Å². The molecule has 17 heteroatoms. The van der Waals surface area contributed by atoms with E-state index in [1.807, 2.05) is 139 Å². The average molecular weight is 1110 g/mol. The molecule has 8 aromatic rings. The van der Waals surface area contributed by atoms with Crippen molar-refractivity contribution in [2.75, 3.05) is 26.3 Å². The van der Waals surface area contributed by atoms with Crippen LogP contribution in [0.4, 0.5) is 9.59 Å². The molecule has 4 heterocycles. The highest BCUT2D eigenvalue weighted by Crippen LogP contribution is 2.30. The van der Waals surface area contributed by atoms with Crippen LogP contribution in [0.25, 0.3) is 43.9 Å². The second-order valence-corrected chi connectivity index (χ2v) is 20.8. The summed E-state index contributed by atoms with van der Waals surface area (Å²) >= 11 is 6.99. The Morgan fingerprint density at radius 1 is 0.639 bits per heavy atom. The largest absolute Gasteiger partial charge is 0.618 e. The number of carbonyl (C=O) groups is 2. The third kappa shape index (κ3) is 14.3. The van der Waals surface area contributed by atoms with E-state index in [0.29, 0.717) is 76.0 Å². The molecule has 8 rings (SSSR count). The normalized spacial score (nSPS) is 11.6. The third-order valence-electron chi connectivity index (χ3n) is 11.3. The Bertz CT molecular complexity index is 3100. The predicted molar refractivity (Wildman–Crippen MR) is 290 cm³/mol. The number of aromatic nitrogens is 6. The summed E-state index contributed by atoms with van der Waals surface area (Å²) in [4.78, 5) is 43.2. The van der Waals surface area contributed by atoms with Gasteiger partial charge in [0.2, 0.25) is 11.7 Å². The Labute approximate surface area is 438 Å². The zero-order valence-electron chi connectivity index (χ0n) is 41.7. The first kappa shape index (κ1) is 55.2. The molecule has 4 aromatic heterocycles. The van der Waals surface area contributed by atoms with Crippen molar-refractivity contribution in [1.29, 1.82) is 0 Å². The number of amides is 2. The van der Waals surface area contributed by atoms with Gasteiger partial charge in [-0.3, -0.25) is 4.98 Å². The molecular weight excluding hydrogens is 1040 g/mol. The van der Waals surface area contributed by atoms with E-state index < -0.39 is 17.3 Å². The van der Waals surface area contributed by atoms with Gasteiger partial charge in [-0.2, -0.15) is 4.73 Å². The van der Waals surface area contributed by atoms with E-state index in [4.69, 9.17) is 28.9 Å². The number of imidazole rings is 2. The first-order chi connectivity index (χ1) is 33.9. The fourth-order valence-electron chi connectivity index (χ4n) is 7.97. The number of rotatable bonds is 16. The van der Waals surface area contributed by atoms with Gasteiger partial charge in [0.1, 0.15) is 28.4 Å². The molecule has 15 nitrogen and oxygen atoms in total. The molecule has 0 atom stereocenters. The second-order valence-electron chi connectivity index (χ2n) is 18.9. The maximum Gasteiger partial charge on any atom is 0.410 e. The fraction of sp³-hybridized carbons (Fsp3) is 0.382. The standard InChI is InChI=1S/C27H31BrN4O4.C27H31BrN4O3.CH4/c1-5-30(26(33)36-27(2,3)4)17-24-29-22-16-32(34)23-15-20(28)11-12-21(23)25(22)31(24)13-14-35-18-19-9-7-6-8-10-19;1-5-31(26(33)35-27(2,3)4)17-24-30-23-16-29-22-15-20(28)11-12-21(22)25(23)32(24)13-14-34-18-19-9-7-6-8-10-19;/h6-12,15-16H,5,13-14,17-18H2,1-4H3;6-12,15-16H,5,13-14,17-18H2,1-4H3;1H4. The topological polar surface area (TPSA) is 153 Å². The highest BCUT2D eigenvalue weighted by Gasteiger charge is 2.27. The van der Waals surface area contributed by atoms with E-state index in [1.165, 1.54) is 6.20 Å². The molecule has 72 heavy (non-hydrogen) atoms. The minimum absolute atomic E-state index is 0. The van der Waals surface area contributed by atoms with Gasteiger partial charge < -0.3 is 43.1 Å². The van der Waals surface area contributed by atoms with E-state index in [9.17, 15) is 14.8 Å². The number of hydrogen-bond acceptors (Lipinski definition) is 10. The highest BCUT2D eigenvalue weighted by atomic mass is 79.9. The Balaban J connectivity index is 0.000000232. The highest BCUT2D eigenvalue weighted by molar-refractivity contribution is 9.10. The van der Waals surface area contributed by atoms with Gasteiger partial charge in [-0.1, -0.05) is 100.0 Å². The summed E-state index contributed by atoms with van der Waals surface area (Å²) in [5, 5.41) is 14.6. The number of ether oxygens (including phenoxy) is 4. The molecule has 0 bridgehead atoms. The fourth-order valence-corrected chi connectivity index (χ4v) is 8.66. The van der Waals surface area contributed by atoms with E-state index in [2.05, 4.69) is 53.5 Å². The van der Waals surface area contributed by atoms with Crippen LogP contribution in [-0.4, -0.2) is 83.6 Å². The van der Waals surface area contributed by atoms with Crippen molar-refractivity contribution in [1.82, 2.24) is 33.9 Å². The van der Waals surface area contributed by atoms with Gasteiger partial charge in [-0.25, -0.2) is 19.6 Å². The van der Waals surface area contributed by atoms with Crippen LogP contribution in [0.15, 0.2) is 118 Å². The van der Waals surface area contributed by atoms with Gasteiger partial charge in [0, 0.05) is 46.6 Å². The van der Waals surface area contributed by atoms with Gasteiger partial charge in [0.15, 0.2) is 5.52 Å². The summed E-state index contributed by atoms with van der Waals surface area (Å²) in [7, 11) is 0. The number of fused-ring (bicyclic) bond motifs is 6. The van der Waals surface area contributed by atoms with Crippen LogP contribution < -0.4 is 4.73 Å². The van der Waals surface area contributed by atoms with Crippen molar-refractivity contribution in [3.63, 3.8) is 0 Å². The van der Waals surface area contributed by atoms with Gasteiger partial charge in [-0.05, 0) is 96.8 Å². The molecule has 382 valence electrons. The number of nitrogens with zero attached hydrogens (tertiary/aromatic N) is 8. The zero-order valence-corrected chi connectivity index (χ0v) is 44.8. The summed E-state index contributed by atoms with van der Waals surface area (Å²) < 4.78 is 30.0. The molecule has 0 saturated heterocycles. The number of pyridine rings is 2. The molecule has 4 aromatic carbocycles. The van der Waals surface area contributed by atoms with Crippen LogP contribution in [0.2, 0.25) is 0 Å². The maximum absolute atomic E-state index is 12.8. The molecular formula is C55H66Br2N8O7. The van der Waals surface area contributed by atoms with E-state index in [-0.39, 0.29) is 20.1 Å². The summed E-state index contributed by atoms with van der Waals surface area (Å²) in [6, 6.07) is 31.8. The quantitative estimate of drug-likeness (QED) is 0.0519. The molecule has 0 unspecified atom stereocenters. The van der Waals surface area contributed by atoms with Gasteiger partial charge in [0.05, 0.1) is 67.7 Å². The van der Waals surface area contributed by atoms with E-state index in [0.717, 1.165) is 63.5 Å². The van der Waals surface area contributed by atoms with Crippen molar-refractivity contribution >= 4 is 87.9 Å². The lowest BCUT2D eigenvalue weighted by molar-refractivity contribution is -0.575. The molecule has 0 aliphatic rings. The van der Waals surface area contributed by atoms with E-state index in [1.54, 1.807) is 22.1 Å². The first-order valence-corrected chi connectivity index (χ1v) is 25.3. The monoisotopic (exact) mass is 1110 g/mol. The minimum atomic E-state index is -0.604. The Kier molecular flexibility index (Phi) is 18.8. The minimum Gasteiger partial charge on any atom is -0.618 e. The SMILES string of the molecule is C.CCN(Cc1nc2c[n+]([O-])c3cc(Br)ccc3c2n1CCOCc1ccccc1)C(=O)OC(C)(C)C.CCN(Cc1nc2cnc3cc(Br)ccc3c2n1CCOCc1ccccc1)C(=O)OC(C)(C)C. The van der Waals surface area contributed by atoms with Crippen molar-refractivity contribution in [3.8, 4) is 0 Å². The molecule has 0 aliphatic heterocycles. The second kappa shape index (κ2) is 24.5. The van der Waals surface area contributed by atoms with Crippen LogP contribution in [0.5, 0.6) is 0 Å². The Morgan fingerprint density at radius 2 is 1.10 bits per heavy atom. The van der Waals surface area contributed by atoms with Crippen LogP contribution in [0.3, 0.4) is 0 Å². The van der Waals surface area contributed by atoms with Gasteiger partial charge in [-0.15, -0.1) is 0 Å². The van der Waals surface area contributed by atoms with Crippen LogP contribution in [-0.2, 0) is 58.3 Å². The lowest BCUT2D eigenvalue weighted by atomic mass is 10.2. The molecule has 0 aliphatic carbocycles. The van der Waals surface area contributed by atoms with Crippen molar-refractivity contribution in [2.45, 2.75) is 113 Å². The summed E-state index contributed by atoms with van der Waals surface area (Å²) in [6.07, 6.45) is 2.51. The zero-order chi connectivity index (χ0) is 50.9. The Morgan fingerprint density at radius 3 is 1.58 bits per heavy atom. The van der Waals surface area contributed by atoms with Crippen LogP contribution in [0.1, 0.15) is 85.6 Å². The molecule has 0 N–H and O–H groups in total.